The summed E-state index contributed by atoms with van der Waals surface area (Å²) in [5.74, 6) is -0.548. The van der Waals surface area contributed by atoms with Crippen LogP contribution < -0.4 is 11.1 Å². The molecular weight excluding hydrogens is 322 g/mol. The summed E-state index contributed by atoms with van der Waals surface area (Å²) < 4.78 is 26.3. The predicted molar refractivity (Wildman–Crippen MR) is 97.0 cm³/mol. The van der Waals surface area contributed by atoms with E-state index in [1.807, 2.05) is 27.7 Å². The lowest BCUT2D eigenvalue weighted by Crippen LogP contribution is -2.41. The highest BCUT2D eigenvalue weighted by Gasteiger charge is 2.52. The van der Waals surface area contributed by atoms with Crippen molar-refractivity contribution in [1.29, 1.82) is 0 Å². The molecule has 1 aliphatic rings. The van der Waals surface area contributed by atoms with E-state index in [9.17, 15) is 9.18 Å². The average molecular weight is 348 g/mol. The van der Waals surface area contributed by atoms with Crippen LogP contribution in [-0.4, -0.2) is 30.8 Å². The number of carbonyl (C=O) groups is 1. The van der Waals surface area contributed by atoms with Crippen LogP contribution in [0.15, 0.2) is 23.7 Å². The molecule has 0 saturated carbocycles. The van der Waals surface area contributed by atoms with Crippen molar-refractivity contribution in [3.63, 3.8) is 0 Å². The zero-order valence-corrected chi connectivity index (χ0v) is 15.5. The molecule has 7 heteroatoms. The van der Waals surface area contributed by atoms with Crippen LogP contribution in [0.5, 0.6) is 0 Å². The summed E-state index contributed by atoms with van der Waals surface area (Å²) in [5, 5.41) is 2.73. The first kappa shape index (κ1) is 19.6. The Morgan fingerprint density at radius 2 is 1.88 bits per heavy atom. The molecule has 0 atom stereocenters. The number of hydrogen-bond acceptors (Lipinski definition) is 4. The Morgan fingerprint density at radius 3 is 2.40 bits per heavy atom. The fourth-order valence-corrected chi connectivity index (χ4v) is 2.45. The molecule has 5 nitrogen and oxygen atoms in total. The van der Waals surface area contributed by atoms with E-state index in [1.54, 1.807) is 18.2 Å². The molecule has 1 aromatic carbocycles. The van der Waals surface area contributed by atoms with Crippen molar-refractivity contribution >= 4 is 19.1 Å². The lowest BCUT2D eigenvalue weighted by Gasteiger charge is -2.32. The summed E-state index contributed by atoms with van der Waals surface area (Å²) in [6.07, 6.45) is 1.66. The number of nitrogens with two attached hydrogens (primary N) is 1. The number of benzene rings is 1. The predicted octanol–water partition coefficient (Wildman–Crippen LogP) is 2.44. The van der Waals surface area contributed by atoms with E-state index >= 15 is 0 Å². The van der Waals surface area contributed by atoms with Crippen LogP contribution >= 0.6 is 0 Å². The summed E-state index contributed by atoms with van der Waals surface area (Å²) >= 11 is 0. The highest BCUT2D eigenvalue weighted by atomic mass is 19.1. The van der Waals surface area contributed by atoms with Crippen LogP contribution in [0, 0.1) is 5.82 Å². The Labute approximate surface area is 148 Å². The van der Waals surface area contributed by atoms with Crippen LogP contribution in [0.4, 0.5) is 4.39 Å². The molecule has 0 radical (unpaired) electrons. The first-order chi connectivity index (χ1) is 11.6. The smallest absolute Gasteiger partial charge is 0.400 e. The zero-order valence-electron chi connectivity index (χ0n) is 15.5. The summed E-state index contributed by atoms with van der Waals surface area (Å²) in [6.45, 7) is 9.73. The van der Waals surface area contributed by atoms with Crippen LogP contribution in [0.3, 0.4) is 0 Å². The standard InChI is InChI=1S/C18H26BFN2O3/c1-12(23)22-11-15(19-24-17(2,3)18(4,5)25-19)9-14-8-13(10-21)6-7-16(14)20/h6-9H,10-11,21H2,1-5H3,(H,22,23). The highest BCUT2D eigenvalue weighted by molar-refractivity contribution is 6.56. The average Bonchev–Trinajstić information content (AvgIpc) is 2.73. The maximum Gasteiger partial charge on any atom is 0.492 e. The third-order valence-electron chi connectivity index (χ3n) is 4.73. The van der Waals surface area contributed by atoms with E-state index in [-0.39, 0.29) is 18.3 Å². The van der Waals surface area contributed by atoms with Gasteiger partial charge in [0.1, 0.15) is 5.82 Å². The maximum absolute atomic E-state index is 14.2. The van der Waals surface area contributed by atoms with Crippen molar-refractivity contribution in [1.82, 2.24) is 5.32 Å². The molecule has 1 fully saturated rings. The molecule has 0 spiro atoms. The molecule has 1 aromatic rings. The molecule has 0 aromatic heterocycles. The molecule has 3 N–H and O–H groups in total. The largest absolute Gasteiger partial charge is 0.492 e. The second-order valence-electron chi connectivity index (χ2n) is 7.28. The molecule has 1 heterocycles. The van der Waals surface area contributed by atoms with Gasteiger partial charge in [0.05, 0.1) is 11.2 Å². The number of amides is 1. The normalized spacial score (nSPS) is 19.2. The SMILES string of the molecule is CC(=O)NCC(=Cc1cc(CN)ccc1F)B1OC(C)(C)C(C)(C)O1. The van der Waals surface area contributed by atoms with Gasteiger partial charge >= 0.3 is 7.12 Å². The second-order valence-corrected chi connectivity index (χ2v) is 7.28. The molecule has 25 heavy (non-hydrogen) atoms. The molecule has 136 valence electrons. The second kappa shape index (κ2) is 7.27. The molecule has 0 aliphatic carbocycles. The quantitative estimate of drug-likeness (QED) is 0.802. The Kier molecular flexibility index (Phi) is 5.71. The minimum absolute atomic E-state index is 0.182. The molecule has 1 amide bonds. The first-order valence-electron chi connectivity index (χ1n) is 8.35. The van der Waals surface area contributed by atoms with E-state index in [0.717, 1.165) is 5.56 Å². The Morgan fingerprint density at radius 1 is 1.28 bits per heavy atom. The molecule has 0 bridgehead atoms. The molecule has 2 rings (SSSR count). The number of carbonyl (C=O) groups excluding carboxylic acids is 1. The highest BCUT2D eigenvalue weighted by Crippen LogP contribution is 2.38. The van der Waals surface area contributed by atoms with Gasteiger partial charge in [-0.25, -0.2) is 4.39 Å². The summed E-state index contributed by atoms with van der Waals surface area (Å²) in [6, 6.07) is 4.72. The van der Waals surface area contributed by atoms with Crippen molar-refractivity contribution < 1.29 is 18.5 Å². The lowest BCUT2D eigenvalue weighted by atomic mass is 9.76. The van der Waals surface area contributed by atoms with Crippen molar-refractivity contribution in [3.8, 4) is 0 Å². The first-order valence-corrected chi connectivity index (χ1v) is 8.35. The third kappa shape index (κ3) is 4.48. The van der Waals surface area contributed by atoms with E-state index in [2.05, 4.69) is 5.32 Å². The summed E-state index contributed by atoms with van der Waals surface area (Å²) in [5.41, 5.74) is 6.44. The summed E-state index contributed by atoms with van der Waals surface area (Å²) in [4.78, 5) is 11.3. The van der Waals surface area contributed by atoms with Crippen molar-refractivity contribution in [3.05, 3.63) is 40.6 Å². The summed E-state index contributed by atoms with van der Waals surface area (Å²) in [7, 11) is -0.669. The van der Waals surface area contributed by atoms with Crippen molar-refractivity contribution in [2.45, 2.75) is 52.4 Å². The van der Waals surface area contributed by atoms with E-state index in [1.165, 1.54) is 13.0 Å². The van der Waals surface area contributed by atoms with E-state index in [4.69, 9.17) is 15.0 Å². The Hall–Kier alpha value is -1.70. The fourth-order valence-electron chi connectivity index (χ4n) is 2.45. The monoisotopic (exact) mass is 348 g/mol. The van der Waals surface area contributed by atoms with Gasteiger partial charge in [0.15, 0.2) is 0 Å². The third-order valence-corrected chi connectivity index (χ3v) is 4.73. The number of halogens is 1. The van der Waals surface area contributed by atoms with Gasteiger partial charge in [0.25, 0.3) is 0 Å². The van der Waals surface area contributed by atoms with Gasteiger partial charge in [-0.1, -0.05) is 12.1 Å². The van der Waals surface area contributed by atoms with Crippen LogP contribution in [0.1, 0.15) is 45.7 Å². The number of rotatable bonds is 5. The molecule has 0 unspecified atom stereocenters. The number of hydrogen-bond donors (Lipinski definition) is 2. The Balaban J connectivity index is 2.38. The topological polar surface area (TPSA) is 73.6 Å². The van der Waals surface area contributed by atoms with Crippen molar-refractivity contribution in [2.24, 2.45) is 5.73 Å². The maximum atomic E-state index is 14.2. The fraction of sp³-hybridized carbons (Fsp3) is 0.500. The van der Waals surface area contributed by atoms with Gasteiger partial charge in [-0.2, -0.15) is 0 Å². The van der Waals surface area contributed by atoms with Gasteiger partial charge in [0.2, 0.25) is 5.91 Å². The molecule has 1 aliphatic heterocycles. The minimum Gasteiger partial charge on any atom is -0.400 e. The van der Waals surface area contributed by atoms with Gasteiger partial charge < -0.3 is 20.4 Å². The zero-order chi connectivity index (χ0) is 18.8. The molecule has 1 saturated heterocycles. The lowest BCUT2D eigenvalue weighted by molar-refractivity contribution is -0.118. The van der Waals surface area contributed by atoms with Gasteiger partial charge in [-0.3, -0.25) is 4.79 Å². The minimum atomic E-state index is -0.669. The van der Waals surface area contributed by atoms with Gasteiger partial charge in [-0.05, 0) is 50.9 Å². The number of nitrogens with one attached hydrogen (secondary N) is 1. The van der Waals surface area contributed by atoms with Crippen molar-refractivity contribution in [2.75, 3.05) is 6.54 Å². The van der Waals surface area contributed by atoms with E-state index < -0.39 is 18.3 Å². The van der Waals surface area contributed by atoms with E-state index in [0.29, 0.717) is 17.6 Å². The van der Waals surface area contributed by atoms with Crippen LogP contribution in [0.25, 0.3) is 6.08 Å². The van der Waals surface area contributed by atoms with Crippen LogP contribution in [0.2, 0.25) is 0 Å². The molecular formula is C18H26BFN2O3. The van der Waals surface area contributed by atoms with Gasteiger partial charge in [0, 0.05) is 25.6 Å². The van der Waals surface area contributed by atoms with Crippen LogP contribution in [-0.2, 0) is 20.6 Å². The van der Waals surface area contributed by atoms with Gasteiger partial charge in [-0.15, -0.1) is 0 Å². The Bertz CT molecular complexity index is 673.